The molecule has 1 N–H and O–H groups in total. The van der Waals surface area contributed by atoms with Crippen molar-refractivity contribution in [1.82, 2.24) is 0 Å². The van der Waals surface area contributed by atoms with Gasteiger partial charge in [0.25, 0.3) is 5.69 Å². The molecule has 18 heavy (non-hydrogen) atoms. The second-order valence-electron chi connectivity index (χ2n) is 4.03. The minimum absolute atomic E-state index is 0.0859. The molecule has 0 fully saturated rings. The Kier molecular flexibility index (Phi) is 4.79. The van der Waals surface area contributed by atoms with Crippen molar-refractivity contribution < 1.29 is 19.6 Å². The van der Waals surface area contributed by atoms with E-state index in [2.05, 4.69) is 4.74 Å². The summed E-state index contributed by atoms with van der Waals surface area (Å²) in [5.74, 6) is -0.885. The normalized spacial score (nSPS) is 13.7. The highest BCUT2D eigenvalue weighted by molar-refractivity contribution is 5.71. The lowest BCUT2D eigenvalue weighted by Gasteiger charge is -2.14. The van der Waals surface area contributed by atoms with Gasteiger partial charge in [0.2, 0.25) is 0 Å². The molecule has 0 spiro atoms. The van der Waals surface area contributed by atoms with Crippen LogP contribution in [-0.2, 0) is 9.53 Å². The fourth-order valence-electron chi connectivity index (χ4n) is 1.61. The molecule has 0 amide bonds. The van der Waals surface area contributed by atoms with E-state index in [0.717, 1.165) is 0 Å². The Balaban J connectivity index is 2.78. The zero-order chi connectivity index (χ0) is 13.7. The summed E-state index contributed by atoms with van der Waals surface area (Å²) in [7, 11) is 1.28. The number of nitro groups is 1. The van der Waals surface area contributed by atoms with Gasteiger partial charge in [-0.05, 0) is 12.0 Å². The highest BCUT2D eigenvalue weighted by atomic mass is 16.6. The van der Waals surface area contributed by atoms with Crippen molar-refractivity contribution in [2.45, 2.75) is 19.4 Å². The lowest BCUT2D eigenvalue weighted by Crippen LogP contribution is -2.16. The molecule has 0 aromatic heterocycles. The number of esters is 1. The number of ether oxygens (including phenoxy) is 1. The Morgan fingerprint density at radius 2 is 2.22 bits per heavy atom. The van der Waals surface area contributed by atoms with E-state index in [1.165, 1.54) is 25.3 Å². The Morgan fingerprint density at radius 1 is 1.56 bits per heavy atom. The fraction of sp³-hybridized carbons (Fsp3) is 0.417. The third-order valence-corrected chi connectivity index (χ3v) is 2.65. The van der Waals surface area contributed by atoms with Crippen molar-refractivity contribution in [2.75, 3.05) is 7.11 Å². The van der Waals surface area contributed by atoms with Crippen molar-refractivity contribution in [3.05, 3.63) is 39.9 Å². The number of carbonyl (C=O) groups excluding carboxylic acids is 1. The molecule has 0 saturated carbocycles. The van der Waals surface area contributed by atoms with E-state index >= 15 is 0 Å². The molecule has 0 aliphatic carbocycles. The first-order chi connectivity index (χ1) is 8.45. The minimum Gasteiger partial charge on any atom is -0.469 e. The molecule has 0 radical (unpaired) electrons. The number of rotatable bonds is 5. The number of hydrogen-bond donors (Lipinski definition) is 1. The molecule has 0 aliphatic heterocycles. The number of hydrogen-bond acceptors (Lipinski definition) is 5. The number of nitro benzene ring substituents is 1. The van der Waals surface area contributed by atoms with Crippen LogP contribution in [0.2, 0.25) is 0 Å². The summed E-state index contributed by atoms with van der Waals surface area (Å²) >= 11 is 0. The van der Waals surface area contributed by atoms with Crippen LogP contribution in [0.5, 0.6) is 0 Å². The highest BCUT2D eigenvalue weighted by Gasteiger charge is 2.20. The molecule has 6 nitrogen and oxygen atoms in total. The topological polar surface area (TPSA) is 89.7 Å². The van der Waals surface area contributed by atoms with Crippen molar-refractivity contribution in [3.8, 4) is 0 Å². The molecule has 1 rings (SSSR count). The maximum absolute atomic E-state index is 11.2. The Bertz CT molecular complexity index is 446. The fourth-order valence-corrected chi connectivity index (χ4v) is 1.61. The van der Waals surface area contributed by atoms with Crippen LogP contribution >= 0.6 is 0 Å². The van der Waals surface area contributed by atoms with Crippen LogP contribution in [0.4, 0.5) is 5.69 Å². The molecular weight excluding hydrogens is 238 g/mol. The van der Waals surface area contributed by atoms with Crippen LogP contribution in [0.15, 0.2) is 24.3 Å². The molecule has 0 saturated heterocycles. The SMILES string of the molecule is COC(=O)C(C)CC(O)c1cccc([N+](=O)[O-])c1. The number of benzene rings is 1. The summed E-state index contributed by atoms with van der Waals surface area (Å²) in [6.07, 6.45) is -0.771. The summed E-state index contributed by atoms with van der Waals surface area (Å²) in [6.45, 7) is 1.63. The monoisotopic (exact) mass is 253 g/mol. The second-order valence-corrected chi connectivity index (χ2v) is 4.03. The number of nitrogens with zero attached hydrogens (tertiary/aromatic N) is 1. The van der Waals surface area contributed by atoms with Gasteiger partial charge in [-0.3, -0.25) is 14.9 Å². The van der Waals surface area contributed by atoms with E-state index in [4.69, 9.17) is 0 Å². The van der Waals surface area contributed by atoms with Gasteiger partial charge < -0.3 is 9.84 Å². The maximum atomic E-state index is 11.2. The first kappa shape index (κ1) is 14.1. The largest absolute Gasteiger partial charge is 0.469 e. The number of non-ortho nitro benzene ring substituents is 1. The van der Waals surface area contributed by atoms with Gasteiger partial charge in [-0.25, -0.2) is 0 Å². The van der Waals surface area contributed by atoms with Crippen molar-refractivity contribution in [2.24, 2.45) is 5.92 Å². The molecule has 0 bridgehead atoms. The van der Waals surface area contributed by atoms with Crippen LogP contribution in [-0.4, -0.2) is 23.1 Å². The van der Waals surface area contributed by atoms with Gasteiger partial charge >= 0.3 is 5.97 Å². The Hall–Kier alpha value is -1.95. The number of aliphatic hydroxyl groups is 1. The third-order valence-electron chi connectivity index (χ3n) is 2.65. The van der Waals surface area contributed by atoms with Crippen LogP contribution in [0.1, 0.15) is 25.0 Å². The standard InChI is InChI=1S/C12H15NO5/c1-8(12(15)18-2)6-11(14)9-4-3-5-10(7-9)13(16)17/h3-5,7-8,11,14H,6H2,1-2H3. The second kappa shape index (κ2) is 6.11. The molecule has 0 heterocycles. The molecule has 2 unspecified atom stereocenters. The summed E-state index contributed by atoms with van der Waals surface area (Å²) in [5, 5.41) is 20.5. The maximum Gasteiger partial charge on any atom is 0.308 e. The van der Waals surface area contributed by atoms with Gasteiger partial charge in [-0.2, -0.15) is 0 Å². The third kappa shape index (κ3) is 3.53. The van der Waals surface area contributed by atoms with E-state index in [1.54, 1.807) is 13.0 Å². The van der Waals surface area contributed by atoms with Gasteiger partial charge in [-0.1, -0.05) is 19.1 Å². The van der Waals surface area contributed by atoms with Crippen molar-refractivity contribution in [1.29, 1.82) is 0 Å². The zero-order valence-corrected chi connectivity index (χ0v) is 10.2. The first-order valence-corrected chi connectivity index (χ1v) is 5.46. The summed E-state index contributed by atoms with van der Waals surface area (Å²) in [6, 6.07) is 5.73. The summed E-state index contributed by atoms with van der Waals surface area (Å²) in [5.41, 5.74) is 0.331. The van der Waals surface area contributed by atoms with Gasteiger partial charge in [0.15, 0.2) is 0 Å². The zero-order valence-electron chi connectivity index (χ0n) is 10.2. The number of aliphatic hydroxyl groups excluding tert-OH is 1. The van der Waals surface area contributed by atoms with Gasteiger partial charge in [0.05, 0.1) is 24.1 Å². The molecule has 1 aromatic carbocycles. The van der Waals surface area contributed by atoms with E-state index in [-0.39, 0.29) is 12.1 Å². The minimum atomic E-state index is -0.931. The number of methoxy groups -OCH3 is 1. The predicted molar refractivity (Wildman–Crippen MR) is 63.9 cm³/mol. The van der Waals surface area contributed by atoms with E-state index < -0.39 is 22.9 Å². The molecule has 98 valence electrons. The van der Waals surface area contributed by atoms with Gasteiger partial charge in [0, 0.05) is 12.1 Å². The lowest BCUT2D eigenvalue weighted by atomic mass is 9.98. The van der Waals surface area contributed by atoms with Gasteiger partial charge in [-0.15, -0.1) is 0 Å². The predicted octanol–water partition coefficient (Wildman–Crippen LogP) is 1.83. The van der Waals surface area contributed by atoms with E-state index in [9.17, 15) is 20.0 Å². The van der Waals surface area contributed by atoms with Crippen LogP contribution in [0.3, 0.4) is 0 Å². The quantitative estimate of drug-likeness (QED) is 0.491. The van der Waals surface area contributed by atoms with Crippen LogP contribution in [0.25, 0.3) is 0 Å². The summed E-state index contributed by atoms with van der Waals surface area (Å²) in [4.78, 5) is 21.3. The van der Waals surface area contributed by atoms with Crippen molar-refractivity contribution in [3.63, 3.8) is 0 Å². The van der Waals surface area contributed by atoms with Crippen molar-refractivity contribution >= 4 is 11.7 Å². The molecule has 0 aliphatic rings. The molecule has 2 atom stereocenters. The molecule has 6 heteroatoms. The molecular formula is C12H15NO5. The molecule has 1 aromatic rings. The Morgan fingerprint density at radius 3 is 2.78 bits per heavy atom. The highest BCUT2D eigenvalue weighted by Crippen LogP contribution is 2.24. The van der Waals surface area contributed by atoms with E-state index in [1.807, 2.05) is 0 Å². The lowest BCUT2D eigenvalue weighted by molar-refractivity contribution is -0.385. The van der Waals surface area contributed by atoms with Gasteiger partial charge in [0.1, 0.15) is 0 Å². The Labute approximate surface area is 104 Å². The first-order valence-electron chi connectivity index (χ1n) is 5.46. The average Bonchev–Trinajstić information content (AvgIpc) is 2.37. The van der Waals surface area contributed by atoms with Crippen LogP contribution in [0, 0.1) is 16.0 Å². The number of carbonyl (C=O) groups is 1. The van der Waals surface area contributed by atoms with E-state index in [0.29, 0.717) is 5.56 Å². The average molecular weight is 253 g/mol. The smallest absolute Gasteiger partial charge is 0.308 e. The summed E-state index contributed by atoms with van der Waals surface area (Å²) < 4.78 is 4.55. The van der Waals surface area contributed by atoms with Crippen LogP contribution < -0.4 is 0 Å².